The third kappa shape index (κ3) is 5.63. The molecule has 0 bridgehead atoms. The summed E-state index contributed by atoms with van der Waals surface area (Å²) < 4.78 is 10.1. The number of methoxy groups -OCH3 is 1. The van der Waals surface area contributed by atoms with Gasteiger partial charge in [-0.25, -0.2) is 4.79 Å². The van der Waals surface area contributed by atoms with Crippen molar-refractivity contribution < 1.29 is 14.3 Å². The van der Waals surface area contributed by atoms with Crippen LogP contribution in [0.1, 0.15) is 37.6 Å². The first-order valence-corrected chi connectivity index (χ1v) is 7.19. The molecule has 5 heteroatoms. The Morgan fingerprint density at radius 3 is 2.71 bits per heavy atom. The van der Waals surface area contributed by atoms with Gasteiger partial charge in [0.2, 0.25) is 0 Å². The summed E-state index contributed by atoms with van der Waals surface area (Å²) in [5, 5.41) is 3.34. The van der Waals surface area contributed by atoms with Crippen molar-refractivity contribution in [2.75, 3.05) is 37.9 Å². The van der Waals surface area contributed by atoms with E-state index in [1.54, 1.807) is 26.2 Å². The summed E-state index contributed by atoms with van der Waals surface area (Å²) in [6.07, 6.45) is 0.955. The van der Waals surface area contributed by atoms with Crippen molar-refractivity contribution in [3.8, 4) is 0 Å². The number of hydrogen-bond acceptors (Lipinski definition) is 5. The molecular weight excluding hydrogens is 268 g/mol. The molecular formula is C16H26N2O3. The number of nitrogens with two attached hydrogens (primary N) is 1. The van der Waals surface area contributed by atoms with Crippen LogP contribution in [0, 0.1) is 5.41 Å². The summed E-state index contributed by atoms with van der Waals surface area (Å²) >= 11 is 0. The summed E-state index contributed by atoms with van der Waals surface area (Å²) in [7, 11) is 1.70. The van der Waals surface area contributed by atoms with E-state index in [4.69, 9.17) is 15.2 Å². The second kappa shape index (κ2) is 7.88. The molecule has 1 aromatic rings. The molecule has 5 nitrogen and oxygen atoms in total. The Morgan fingerprint density at radius 1 is 1.38 bits per heavy atom. The first-order valence-electron chi connectivity index (χ1n) is 7.19. The van der Waals surface area contributed by atoms with Gasteiger partial charge in [0.05, 0.1) is 12.2 Å². The van der Waals surface area contributed by atoms with E-state index in [1.807, 2.05) is 6.07 Å². The number of carbonyl (C=O) groups is 1. The van der Waals surface area contributed by atoms with E-state index in [-0.39, 0.29) is 5.41 Å². The van der Waals surface area contributed by atoms with Crippen molar-refractivity contribution in [3.05, 3.63) is 23.8 Å². The average molecular weight is 294 g/mol. The minimum Gasteiger partial charge on any atom is -0.462 e. The fourth-order valence-electron chi connectivity index (χ4n) is 1.86. The van der Waals surface area contributed by atoms with Crippen LogP contribution in [0.25, 0.3) is 0 Å². The molecule has 1 aromatic carbocycles. The van der Waals surface area contributed by atoms with Gasteiger partial charge in [0.15, 0.2) is 0 Å². The summed E-state index contributed by atoms with van der Waals surface area (Å²) in [5.74, 6) is -0.391. The number of carbonyl (C=O) groups excluding carboxylic acids is 1. The number of esters is 1. The number of hydrogen-bond donors (Lipinski definition) is 2. The first-order chi connectivity index (χ1) is 9.89. The summed E-state index contributed by atoms with van der Waals surface area (Å²) in [5.41, 5.74) is 7.61. The Labute approximate surface area is 126 Å². The smallest absolute Gasteiger partial charge is 0.340 e. The van der Waals surface area contributed by atoms with Crippen LogP contribution in [0.5, 0.6) is 0 Å². The monoisotopic (exact) mass is 294 g/mol. The molecule has 118 valence electrons. The molecule has 0 atom stereocenters. The SMILES string of the molecule is CCOC(=O)c1cc(NCC(C)(C)CCOC)ccc1N. The van der Waals surface area contributed by atoms with Crippen LogP contribution < -0.4 is 11.1 Å². The van der Waals surface area contributed by atoms with Crippen LogP contribution in [0.2, 0.25) is 0 Å². The van der Waals surface area contributed by atoms with Gasteiger partial charge in [0, 0.05) is 31.6 Å². The number of nitrogens with one attached hydrogen (secondary N) is 1. The van der Waals surface area contributed by atoms with Gasteiger partial charge in [-0.3, -0.25) is 0 Å². The number of nitrogen functional groups attached to an aromatic ring is 1. The quantitative estimate of drug-likeness (QED) is 0.569. The highest BCUT2D eigenvalue weighted by atomic mass is 16.5. The minimum absolute atomic E-state index is 0.0987. The zero-order valence-electron chi connectivity index (χ0n) is 13.4. The Morgan fingerprint density at radius 2 is 2.10 bits per heavy atom. The molecule has 3 N–H and O–H groups in total. The van der Waals surface area contributed by atoms with Crippen molar-refractivity contribution in [1.82, 2.24) is 0 Å². The third-order valence-corrected chi connectivity index (χ3v) is 3.30. The fraction of sp³-hybridized carbons (Fsp3) is 0.562. The molecule has 0 aliphatic rings. The summed E-state index contributed by atoms with van der Waals surface area (Å²) in [6.45, 7) is 7.95. The second-order valence-corrected chi connectivity index (χ2v) is 5.78. The molecule has 0 radical (unpaired) electrons. The molecule has 1 rings (SSSR count). The number of anilines is 2. The molecule has 0 saturated carbocycles. The Hall–Kier alpha value is -1.75. The van der Waals surface area contributed by atoms with Crippen molar-refractivity contribution in [3.63, 3.8) is 0 Å². The van der Waals surface area contributed by atoms with Crippen LogP contribution in [-0.2, 0) is 9.47 Å². The molecule has 0 aromatic heterocycles. The van der Waals surface area contributed by atoms with Crippen LogP contribution in [0.3, 0.4) is 0 Å². The third-order valence-electron chi connectivity index (χ3n) is 3.30. The summed E-state index contributed by atoms with van der Waals surface area (Å²) in [6, 6.07) is 5.32. The maximum Gasteiger partial charge on any atom is 0.340 e. The number of benzene rings is 1. The van der Waals surface area contributed by atoms with Gasteiger partial charge in [-0.2, -0.15) is 0 Å². The van der Waals surface area contributed by atoms with Gasteiger partial charge in [-0.1, -0.05) is 13.8 Å². The van der Waals surface area contributed by atoms with Crippen LogP contribution in [-0.4, -0.2) is 32.8 Å². The van der Waals surface area contributed by atoms with Gasteiger partial charge < -0.3 is 20.5 Å². The molecule has 0 saturated heterocycles. The molecule has 0 aliphatic carbocycles. The van der Waals surface area contributed by atoms with E-state index in [1.165, 1.54) is 0 Å². The van der Waals surface area contributed by atoms with Crippen molar-refractivity contribution >= 4 is 17.3 Å². The van der Waals surface area contributed by atoms with Gasteiger partial charge in [0.25, 0.3) is 0 Å². The lowest BCUT2D eigenvalue weighted by Gasteiger charge is -2.25. The first kappa shape index (κ1) is 17.3. The maximum atomic E-state index is 11.8. The number of rotatable bonds is 8. The standard InChI is InChI=1S/C16H26N2O3/c1-5-21-15(19)13-10-12(6-7-14(13)17)18-11-16(2,3)8-9-20-4/h6-7,10,18H,5,8-9,11,17H2,1-4H3. The van der Waals surface area contributed by atoms with Crippen LogP contribution >= 0.6 is 0 Å². The molecule has 0 heterocycles. The predicted molar refractivity (Wildman–Crippen MR) is 85.6 cm³/mol. The lowest BCUT2D eigenvalue weighted by Crippen LogP contribution is -2.24. The molecule has 0 spiro atoms. The Kier molecular flexibility index (Phi) is 6.49. The Balaban J connectivity index is 2.72. The van der Waals surface area contributed by atoms with E-state index < -0.39 is 5.97 Å². The molecule has 0 aliphatic heterocycles. The van der Waals surface area contributed by atoms with Gasteiger partial charge in [-0.05, 0) is 37.0 Å². The van der Waals surface area contributed by atoms with Crippen molar-refractivity contribution in [1.29, 1.82) is 0 Å². The summed E-state index contributed by atoms with van der Waals surface area (Å²) in [4.78, 5) is 11.8. The minimum atomic E-state index is -0.391. The van der Waals surface area contributed by atoms with Crippen molar-refractivity contribution in [2.45, 2.75) is 27.2 Å². The van der Waals surface area contributed by atoms with Gasteiger partial charge in [-0.15, -0.1) is 0 Å². The van der Waals surface area contributed by atoms with E-state index >= 15 is 0 Å². The van der Waals surface area contributed by atoms with Gasteiger partial charge in [0.1, 0.15) is 0 Å². The molecule has 0 fully saturated rings. The molecule has 0 amide bonds. The van der Waals surface area contributed by atoms with Gasteiger partial charge >= 0.3 is 5.97 Å². The number of ether oxygens (including phenoxy) is 2. The zero-order valence-corrected chi connectivity index (χ0v) is 13.4. The lowest BCUT2D eigenvalue weighted by molar-refractivity contribution is 0.0527. The predicted octanol–water partition coefficient (Wildman–Crippen LogP) is 2.92. The highest BCUT2D eigenvalue weighted by molar-refractivity contribution is 5.96. The van der Waals surface area contributed by atoms with E-state index in [0.717, 1.165) is 25.3 Å². The highest BCUT2D eigenvalue weighted by Crippen LogP contribution is 2.23. The van der Waals surface area contributed by atoms with Crippen molar-refractivity contribution in [2.24, 2.45) is 5.41 Å². The normalized spacial score (nSPS) is 11.2. The zero-order chi connectivity index (χ0) is 15.9. The van der Waals surface area contributed by atoms with Crippen LogP contribution in [0.4, 0.5) is 11.4 Å². The largest absolute Gasteiger partial charge is 0.462 e. The maximum absolute atomic E-state index is 11.8. The Bertz CT molecular complexity index is 473. The average Bonchev–Trinajstić information content (AvgIpc) is 2.44. The second-order valence-electron chi connectivity index (χ2n) is 5.78. The fourth-order valence-corrected chi connectivity index (χ4v) is 1.86. The lowest BCUT2D eigenvalue weighted by atomic mass is 9.89. The van der Waals surface area contributed by atoms with E-state index in [9.17, 15) is 4.79 Å². The van der Waals surface area contributed by atoms with E-state index in [2.05, 4.69) is 19.2 Å². The van der Waals surface area contributed by atoms with E-state index in [0.29, 0.717) is 17.9 Å². The molecule has 21 heavy (non-hydrogen) atoms. The topological polar surface area (TPSA) is 73.6 Å². The molecule has 0 unspecified atom stereocenters. The van der Waals surface area contributed by atoms with Crippen LogP contribution in [0.15, 0.2) is 18.2 Å². The highest BCUT2D eigenvalue weighted by Gasteiger charge is 2.18.